The molecule has 6 rings (SSSR count). The van der Waals surface area contributed by atoms with Crippen LogP contribution in [0.4, 0.5) is 13.2 Å². The number of nitrogens with zero attached hydrogens (tertiary/aromatic N) is 6. The topological polar surface area (TPSA) is 126 Å². The Labute approximate surface area is 274 Å². The third-order valence-electron chi connectivity index (χ3n) is 9.64. The van der Waals surface area contributed by atoms with Gasteiger partial charge >= 0.3 is 17.8 Å². The molecule has 0 radical (unpaired) electrons. The van der Waals surface area contributed by atoms with Crippen LogP contribution in [-0.4, -0.2) is 83.1 Å². The highest BCUT2D eigenvalue weighted by Gasteiger charge is 2.33. The summed E-state index contributed by atoms with van der Waals surface area (Å²) < 4.78 is 44.4. The van der Waals surface area contributed by atoms with Gasteiger partial charge in [0.2, 0.25) is 5.91 Å². The van der Waals surface area contributed by atoms with E-state index in [1.807, 2.05) is 12.1 Å². The van der Waals surface area contributed by atoms with Crippen molar-refractivity contribution in [2.75, 3.05) is 26.2 Å². The zero-order valence-electron chi connectivity index (χ0n) is 26.9. The maximum absolute atomic E-state index is 13.6. The zero-order valence-corrected chi connectivity index (χ0v) is 26.9. The quantitative estimate of drug-likeness (QED) is 0.272. The van der Waals surface area contributed by atoms with E-state index in [0.29, 0.717) is 67.7 Å². The number of imidazole rings is 1. The number of carbonyl (C=O) groups excluding carboxylic acids is 1. The van der Waals surface area contributed by atoms with Gasteiger partial charge in [-0.05, 0) is 43.5 Å². The Kier molecular flexibility index (Phi) is 9.22. The van der Waals surface area contributed by atoms with Gasteiger partial charge in [0.1, 0.15) is 6.04 Å². The van der Waals surface area contributed by atoms with E-state index in [1.54, 1.807) is 33.2 Å². The van der Waals surface area contributed by atoms with E-state index in [4.69, 9.17) is 5.10 Å². The van der Waals surface area contributed by atoms with Crippen molar-refractivity contribution >= 4 is 22.9 Å². The minimum Gasteiger partial charge on any atom is -0.480 e. The van der Waals surface area contributed by atoms with Crippen LogP contribution >= 0.6 is 0 Å². The summed E-state index contributed by atoms with van der Waals surface area (Å²) in [6.45, 7) is 5.74. The van der Waals surface area contributed by atoms with Crippen LogP contribution in [0, 0.1) is 0 Å². The number of aliphatic carboxylic acids is 1. The molecule has 1 saturated heterocycles. The second kappa shape index (κ2) is 13.2. The summed E-state index contributed by atoms with van der Waals surface area (Å²) in [4.78, 5) is 41.6. The molecular weight excluding hydrogens is 629 g/mol. The van der Waals surface area contributed by atoms with Crippen LogP contribution in [0.25, 0.3) is 22.3 Å². The molecule has 2 aromatic heterocycles. The molecule has 0 saturated carbocycles. The van der Waals surface area contributed by atoms with Gasteiger partial charge in [0.25, 0.3) is 0 Å². The third kappa shape index (κ3) is 6.38. The second-order valence-corrected chi connectivity index (χ2v) is 12.7. The highest BCUT2D eigenvalue weighted by molar-refractivity contribution is 5.80. The minimum atomic E-state index is -4.46. The highest BCUT2D eigenvalue weighted by Crippen LogP contribution is 2.34. The van der Waals surface area contributed by atoms with Crippen LogP contribution in [-0.2, 0) is 35.3 Å². The van der Waals surface area contributed by atoms with Gasteiger partial charge in [0.05, 0.1) is 34.9 Å². The average Bonchev–Trinajstić information content (AvgIpc) is 3.55. The van der Waals surface area contributed by atoms with Gasteiger partial charge in [-0.15, -0.1) is 0 Å². The van der Waals surface area contributed by atoms with Crippen LogP contribution in [0.2, 0.25) is 0 Å². The first-order valence-electron chi connectivity index (χ1n) is 16.2. The number of halogens is 3. The van der Waals surface area contributed by atoms with E-state index in [9.17, 15) is 37.8 Å². The summed E-state index contributed by atoms with van der Waals surface area (Å²) in [6.07, 6.45) is -3.21. The van der Waals surface area contributed by atoms with Crippen LogP contribution in [0.5, 0.6) is 0 Å². The lowest BCUT2D eigenvalue weighted by molar-refractivity contribution is -0.141. The van der Waals surface area contributed by atoms with Crippen LogP contribution < -0.4 is 5.69 Å². The number of carboxylic acid groups (broad SMARTS) is 1. The Morgan fingerprint density at radius 2 is 1.67 bits per heavy atom. The predicted octanol–water partition coefficient (Wildman–Crippen LogP) is 4.32. The van der Waals surface area contributed by atoms with Crippen molar-refractivity contribution in [2.24, 2.45) is 0 Å². The van der Waals surface area contributed by atoms with Gasteiger partial charge in [0.15, 0.2) is 0 Å². The first kappa shape index (κ1) is 33.5. The lowest BCUT2D eigenvalue weighted by Gasteiger charge is -2.33. The molecule has 0 bridgehead atoms. The molecule has 2 aromatic carbocycles. The van der Waals surface area contributed by atoms with Crippen molar-refractivity contribution in [2.45, 2.75) is 77.0 Å². The number of aliphatic hydroxyl groups is 1. The standard InChI is InChI=1S/C34H39F3N6O5/c1-3-27(32(46)47)43-30-7-5-4-6-29(30)42(33(43)48)24-12-15-39(16-13-24)18-25(45)19-41-28-14-17-40(21(2)44)20-26(28)31(38-41)22-8-10-23(11-9-22)34(35,36)37/h4-11,24-25,27,45H,3,12-20H2,1-2H3,(H,46,47). The van der Waals surface area contributed by atoms with Crippen molar-refractivity contribution in [3.05, 3.63) is 75.8 Å². The molecule has 1 fully saturated rings. The molecule has 0 spiro atoms. The Hall–Kier alpha value is -4.43. The summed E-state index contributed by atoms with van der Waals surface area (Å²) in [5, 5.41) is 25.7. The first-order valence-corrected chi connectivity index (χ1v) is 16.2. The lowest BCUT2D eigenvalue weighted by Crippen LogP contribution is -2.42. The summed E-state index contributed by atoms with van der Waals surface area (Å²) in [5.74, 6) is -1.15. The maximum atomic E-state index is 13.6. The van der Waals surface area contributed by atoms with E-state index >= 15 is 0 Å². The van der Waals surface area contributed by atoms with Gasteiger partial charge in [0, 0.05) is 68.9 Å². The largest absolute Gasteiger partial charge is 0.480 e. The molecule has 2 N–H and O–H groups in total. The lowest BCUT2D eigenvalue weighted by atomic mass is 10.00. The number of carbonyl (C=O) groups is 2. The molecule has 4 aromatic rings. The molecule has 2 aliphatic heterocycles. The molecule has 14 heteroatoms. The maximum Gasteiger partial charge on any atom is 0.416 e. The summed E-state index contributed by atoms with van der Waals surface area (Å²) in [5.41, 5.74) is 2.82. The van der Waals surface area contributed by atoms with Crippen molar-refractivity contribution in [3.63, 3.8) is 0 Å². The molecule has 2 atom stereocenters. The molecule has 11 nitrogen and oxygen atoms in total. The molecule has 2 unspecified atom stereocenters. The number of alkyl halides is 3. The predicted molar refractivity (Wildman–Crippen MR) is 171 cm³/mol. The number of hydrogen-bond donors (Lipinski definition) is 2. The van der Waals surface area contributed by atoms with Crippen LogP contribution in [0.15, 0.2) is 53.3 Å². The normalized spacial score (nSPS) is 17.4. The zero-order chi connectivity index (χ0) is 34.3. The Balaban J connectivity index is 1.17. The molecule has 256 valence electrons. The van der Waals surface area contributed by atoms with Crippen LogP contribution in [0.1, 0.15) is 62.0 Å². The molecular formula is C34H39F3N6O5. The van der Waals surface area contributed by atoms with E-state index in [1.165, 1.54) is 23.6 Å². The third-order valence-corrected chi connectivity index (χ3v) is 9.64. The van der Waals surface area contributed by atoms with Gasteiger partial charge < -0.3 is 20.0 Å². The fraction of sp³-hybridized carbons (Fsp3) is 0.471. The molecule has 48 heavy (non-hydrogen) atoms. The van der Waals surface area contributed by atoms with E-state index in [0.717, 1.165) is 23.4 Å². The van der Waals surface area contributed by atoms with Gasteiger partial charge in [-0.3, -0.25) is 18.6 Å². The molecule has 4 heterocycles. The van der Waals surface area contributed by atoms with Gasteiger partial charge in [-0.1, -0.05) is 31.2 Å². The van der Waals surface area contributed by atoms with E-state index < -0.39 is 29.9 Å². The number of β-amino-alcohol motifs (C(OH)–C–C–N with tert-alkyl or cyclic N) is 1. The number of rotatable bonds is 9. The smallest absolute Gasteiger partial charge is 0.416 e. The highest BCUT2D eigenvalue weighted by atomic mass is 19.4. The number of fused-ring (bicyclic) bond motifs is 2. The van der Waals surface area contributed by atoms with Crippen molar-refractivity contribution in [3.8, 4) is 11.3 Å². The minimum absolute atomic E-state index is 0.103. The molecule has 2 aliphatic rings. The number of benzene rings is 2. The summed E-state index contributed by atoms with van der Waals surface area (Å²) >= 11 is 0. The molecule has 1 amide bonds. The van der Waals surface area contributed by atoms with Crippen molar-refractivity contribution < 1.29 is 33.0 Å². The Morgan fingerprint density at radius 3 is 2.27 bits per heavy atom. The fourth-order valence-electron chi connectivity index (χ4n) is 7.19. The van der Waals surface area contributed by atoms with Crippen LogP contribution in [0.3, 0.4) is 0 Å². The number of piperidine rings is 1. The number of para-hydroxylation sites is 2. The monoisotopic (exact) mass is 668 g/mol. The van der Waals surface area contributed by atoms with Gasteiger partial charge in [-0.2, -0.15) is 18.3 Å². The summed E-state index contributed by atoms with van der Waals surface area (Å²) in [6, 6.07) is 11.0. The van der Waals surface area contributed by atoms with E-state index in [2.05, 4.69) is 4.90 Å². The number of amides is 1. The van der Waals surface area contributed by atoms with Crippen molar-refractivity contribution in [1.29, 1.82) is 0 Å². The molecule has 0 aliphatic carbocycles. The number of aliphatic hydroxyl groups excluding tert-OH is 1. The first-order chi connectivity index (χ1) is 22.9. The van der Waals surface area contributed by atoms with Crippen molar-refractivity contribution in [1.82, 2.24) is 28.7 Å². The summed E-state index contributed by atoms with van der Waals surface area (Å²) in [7, 11) is 0. The number of hydrogen-bond acceptors (Lipinski definition) is 6. The van der Waals surface area contributed by atoms with Gasteiger partial charge in [-0.25, -0.2) is 9.59 Å². The Bertz CT molecular complexity index is 1870. The SMILES string of the molecule is CCC(C(=O)O)n1c(=O)n(C2CCN(CC(O)Cn3nc(-c4ccc(C(F)(F)F)cc4)c4c3CCN(C(C)=O)C4)CC2)c2ccccc21. The second-order valence-electron chi connectivity index (χ2n) is 12.7. The Morgan fingerprint density at radius 1 is 1.00 bits per heavy atom. The average molecular weight is 669 g/mol. The number of carboxylic acids is 1. The number of likely N-dealkylation sites (tertiary alicyclic amines) is 1. The fourth-order valence-corrected chi connectivity index (χ4v) is 7.19. The number of aromatic nitrogens is 4. The van der Waals surface area contributed by atoms with E-state index in [-0.39, 0.29) is 37.1 Å².